The molecule has 1 amide bonds. The molecule has 0 saturated carbocycles. The molecule has 2 aromatic rings. The first-order valence-electron chi connectivity index (χ1n) is 5.45. The third kappa shape index (κ3) is 3.07. The molecule has 0 fully saturated rings. The summed E-state index contributed by atoms with van der Waals surface area (Å²) in [6.45, 7) is 1.65. The zero-order valence-corrected chi connectivity index (χ0v) is 9.81. The van der Waals surface area contributed by atoms with Crippen molar-refractivity contribution in [2.75, 3.05) is 5.32 Å². The zero-order valence-electron chi connectivity index (χ0n) is 9.81. The number of nitrogens with one attached hydrogen (secondary N) is 1. The number of carbonyl (C=O) groups is 1. The SMILES string of the molecule is Cc1ccc(NC(=O)Oc2ccccc2)cc1F. The summed E-state index contributed by atoms with van der Waals surface area (Å²) in [5.41, 5.74) is 0.885. The molecule has 0 atom stereocenters. The summed E-state index contributed by atoms with van der Waals surface area (Å²) in [6.07, 6.45) is -0.649. The molecule has 0 saturated heterocycles. The van der Waals surface area contributed by atoms with Crippen molar-refractivity contribution in [3.05, 3.63) is 59.9 Å². The predicted octanol–water partition coefficient (Wildman–Crippen LogP) is 3.75. The van der Waals surface area contributed by atoms with Crippen molar-refractivity contribution < 1.29 is 13.9 Å². The average Bonchev–Trinajstić information content (AvgIpc) is 2.35. The minimum absolute atomic E-state index is 0.360. The van der Waals surface area contributed by atoms with E-state index in [1.54, 1.807) is 43.3 Å². The maximum absolute atomic E-state index is 13.3. The van der Waals surface area contributed by atoms with E-state index in [0.717, 1.165) is 0 Å². The third-order valence-electron chi connectivity index (χ3n) is 2.37. The number of carbonyl (C=O) groups excluding carboxylic acids is 1. The number of halogens is 1. The first kappa shape index (κ1) is 12.1. The molecule has 0 radical (unpaired) electrons. The second-order valence-electron chi connectivity index (χ2n) is 3.79. The molecule has 4 heteroatoms. The van der Waals surface area contributed by atoms with E-state index in [0.29, 0.717) is 17.0 Å². The van der Waals surface area contributed by atoms with Gasteiger partial charge in [-0.2, -0.15) is 0 Å². The molecular weight excluding hydrogens is 233 g/mol. The normalized spacial score (nSPS) is 9.89. The molecule has 2 rings (SSSR count). The molecule has 92 valence electrons. The van der Waals surface area contributed by atoms with E-state index in [-0.39, 0.29) is 5.82 Å². The van der Waals surface area contributed by atoms with Crippen molar-refractivity contribution in [2.24, 2.45) is 0 Å². The molecule has 1 N–H and O–H groups in total. The Kier molecular flexibility index (Phi) is 3.57. The van der Waals surface area contributed by atoms with Crippen LogP contribution in [0.5, 0.6) is 5.75 Å². The van der Waals surface area contributed by atoms with Crippen molar-refractivity contribution in [3.8, 4) is 5.75 Å². The van der Waals surface area contributed by atoms with Gasteiger partial charge < -0.3 is 4.74 Å². The number of hydrogen-bond acceptors (Lipinski definition) is 2. The highest BCUT2D eigenvalue weighted by atomic mass is 19.1. The maximum atomic E-state index is 13.3. The van der Waals surface area contributed by atoms with Gasteiger partial charge in [-0.25, -0.2) is 9.18 Å². The molecule has 0 aliphatic heterocycles. The predicted molar refractivity (Wildman–Crippen MR) is 67.2 cm³/mol. The van der Waals surface area contributed by atoms with Gasteiger partial charge in [0.05, 0.1) is 0 Å². The number of aryl methyl sites for hydroxylation is 1. The standard InChI is InChI=1S/C14H12FNO2/c1-10-7-8-11(9-13(10)15)16-14(17)18-12-5-3-2-4-6-12/h2-9H,1H3,(H,16,17). The van der Waals surface area contributed by atoms with Crippen LogP contribution in [0.15, 0.2) is 48.5 Å². The Hall–Kier alpha value is -2.36. The summed E-state index contributed by atoms with van der Waals surface area (Å²) in [4.78, 5) is 11.5. The zero-order chi connectivity index (χ0) is 13.0. The highest BCUT2D eigenvalue weighted by Crippen LogP contribution is 2.15. The third-order valence-corrected chi connectivity index (χ3v) is 2.37. The molecule has 0 aromatic heterocycles. The first-order chi connectivity index (χ1) is 8.65. The lowest BCUT2D eigenvalue weighted by Crippen LogP contribution is -2.16. The Morgan fingerprint density at radius 3 is 2.56 bits per heavy atom. The summed E-state index contributed by atoms with van der Waals surface area (Å²) in [6, 6.07) is 13.1. The molecule has 0 spiro atoms. The molecule has 0 heterocycles. The lowest BCUT2D eigenvalue weighted by atomic mass is 10.2. The van der Waals surface area contributed by atoms with Crippen LogP contribution in [0, 0.1) is 12.7 Å². The second-order valence-corrected chi connectivity index (χ2v) is 3.79. The molecule has 0 bridgehead atoms. The highest BCUT2D eigenvalue weighted by molar-refractivity contribution is 5.86. The van der Waals surface area contributed by atoms with Crippen LogP contribution in [-0.2, 0) is 0 Å². The Morgan fingerprint density at radius 1 is 1.17 bits per heavy atom. The number of benzene rings is 2. The molecule has 18 heavy (non-hydrogen) atoms. The quantitative estimate of drug-likeness (QED) is 0.875. The van der Waals surface area contributed by atoms with Crippen molar-refractivity contribution in [1.29, 1.82) is 0 Å². The average molecular weight is 245 g/mol. The monoisotopic (exact) mass is 245 g/mol. The van der Waals surface area contributed by atoms with Crippen LogP contribution in [0.4, 0.5) is 14.9 Å². The fourth-order valence-corrected chi connectivity index (χ4v) is 1.41. The van der Waals surface area contributed by atoms with Gasteiger partial charge in [0.1, 0.15) is 11.6 Å². The number of anilines is 1. The fraction of sp³-hybridized carbons (Fsp3) is 0.0714. The maximum Gasteiger partial charge on any atom is 0.417 e. The van der Waals surface area contributed by atoms with E-state index in [2.05, 4.69) is 5.32 Å². The van der Waals surface area contributed by atoms with Crippen LogP contribution in [0.2, 0.25) is 0 Å². The Labute approximate surface area is 104 Å². The van der Waals surface area contributed by atoms with E-state index in [1.165, 1.54) is 6.07 Å². The number of rotatable bonds is 2. The van der Waals surface area contributed by atoms with Crippen LogP contribution in [0.1, 0.15) is 5.56 Å². The van der Waals surface area contributed by atoms with Crippen LogP contribution >= 0.6 is 0 Å². The lowest BCUT2D eigenvalue weighted by Gasteiger charge is -2.07. The molecular formula is C14H12FNO2. The van der Waals surface area contributed by atoms with E-state index in [4.69, 9.17) is 4.74 Å². The number of para-hydroxylation sites is 1. The minimum atomic E-state index is -0.649. The van der Waals surface area contributed by atoms with Crippen LogP contribution in [0.3, 0.4) is 0 Å². The Morgan fingerprint density at radius 2 is 1.89 bits per heavy atom. The van der Waals surface area contributed by atoms with E-state index in [9.17, 15) is 9.18 Å². The molecule has 0 aliphatic rings. The van der Waals surface area contributed by atoms with Gasteiger partial charge in [0.15, 0.2) is 0 Å². The number of hydrogen-bond donors (Lipinski definition) is 1. The van der Waals surface area contributed by atoms with Gasteiger partial charge in [0.2, 0.25) is 0 Å². The van der Waals surface area contributed by atoms with Gasteiger partial charge in [-0.05, 0) is 36.8 Å². The summed E-state index contributed by atoms with van der Waals surface area (Å²) in [5, 5.41) is 2.46. The fourth-order valence-electron chi connectivity index (χ4n) is 1.41. The van der Waals surface area contributed by atoms with Crippen LogP contribution in [0.25, 0.3) is 0 Å². The van der Waals surface area contributed by atoms with Gasteiger partial charge in [-0.15, -0.1) is 0 Å². The molecule has 0 unspecified atom stereocenters. The van der Waals surface area contributed by atoms with Crippen molar-refractivity contribution >= 4 is 11.8 Å². The Balaban J connectivity index is 2.01. The van der Waals surface area contributed by atoms with Crippen LogP contribution in [-0.4, -0.2) is 6.09 Å². The summed E-state index contributed by atoms with van der Waals surface area (Å²) >= 11 is 0. The van der Waals surface area contributed by atoms with E-state index < -0.39 is 6.09 Å². The molecule has 2 aromatic carbocycles. The van der Waals surface area contributed by atoms with Crippen LogP contribution < -0.4 is 10.1 Å². The van der Waals surface area contributed by atoms with Crippen molar-refractivity contribution in [1.82, 2.24) is 0 Å². The molecule has 0 aliphatic carbocycles. The van der Waals surface area contributed by atoms with Crippen molar-refractivity contribution in [3.63, 3.8) is 0 Å². The smallest absolute Gasteiger partial charge is 0.410 e. The van der Waals surface area contributed by atoms with E-state index >= 15 is 0 Å². The van der Waals surface area contributed by atoms with Gasteiger partial charge in [-0.1, -0.05) is 24.3 Å². The van der Waals surface area contributed by atoms with Gasteiger partial charge in [0, 0.05) is 5.69 Å². The number of amides is 1. The first-order valence-corrected chi connectivity index (χ1v) is 5.45. The van der Waals surface area contributed by atoms with Gasteiger partial charge in [0.25, 0.3) is 0 Å². The van der Waals surface area contributed by atoms with Gasteiger partial charge >= 0.3 is 6.09 Å². The molecule has 3 nitrogen and oxygen atoms in total. The second kappa shape index (κ2) is 5.31. The van der Waals surface area contributed by atoms with Crippen molar-refractivity contribution in [2.45, 2.75) is 6.92 Å². The topological polar surface area (TPSA) is 38.3 Å². The van der Waals surface area contributed by atoms with Gasteiger partial charge in [-0.3, -0.25) is 5.32 Å². The summed E-state index contributed by atoms with van der Waals surface area (Å²) < 4.78 is 18.3. The highest BCUT2D eigenvalue weighted by Gasteiger charge is 2.06. The minimum Gasteiger partial charge on any atom is -0.410 e. The number of ether oxygens (including phenoxy) is 1. The lowest BCUT2D eigenvalue weighted by molar-refractivity contribution is 0.215. The summed E-state index contributed by atoms with van der Waals surface area (Å²) in [7, 11) is 0. The van der Waals surface area contributed by atoms with E-state index in [1.807, 2.05) is 6.07 Å². The Bertz CT molecular complexity index is 555. The summed E-state index contributed by atoms with van der Waals surface area (Å²) in [5.74, 6) is 0.0649. The largest absolute Gasteiger partial charge is 0.417 e.